The molecule has 2 aromatic heterocycles. The molecule has 0 spiro atoms. The second-order valence-electron chi connectivity index (χ2n) is 13.0. The van der Waals surface area contributed by atoms with E-state index >= 15 is 0 Å². The highest BCUT2D eigenvalue weighted by atomic mass is 16.5. The fourth-order valence-electron chi connectivity index (χ4n) is 6.85. The number of hydrogen-bond donors (Lipinski definition) is 2. The number of ether oxygens (including phenoxy) is 1. The van der Waals surface area contributed by atoms with Crippen LogP contribution >= 0.6 is 0 Å². The van der Waals surface area contributed by atoms with Crippen molar-refractivity contribution >= 4 is 29.4 Å². The van der Waals surface area contributed by atoms with Crippen LogP contribution in [0.1, 0.15) is 43.1 Å². The molecule has 3 aliphatic heterocycles. The second-order valence-corrected chi connectivity index (χ2v) is 13.0. The van der Waals surface area contributed by atoms with E-state index in [0.29, 0.717) is 80.2 Å². The molecule has 12 heteroatoms. The number of carbonyl (C=O) groups excluding carboxylic acids is 2. The molecule has 12 nitrogen and oxygen atoms in total. The van der Waals surface area contributed by atoms with Crippen LogP contribution in [-0.2, 0) is 30.2 Å². The van der Waals surface area contributed by atoms with Crippen LogP contribution in [-0.4, -0.2) is 91.2 Å². The number of nitrogens with one attached hydrogen (secondary N) is 1. The topological polar surface area (TPSA) is 143 Å². The molecule has 2 amide bonds. The van der Waals surface area contributed by atoms with E-state index in [-0.39, 0.29) is 17.4 Å². The van der Waals surface area contributed by atoms with Gasteiger partial charge < -0.3 is 34.5 Å². The third kappa shape index (κ3) is 6.09. The number of benzene rings is 2. The van der Waals surface area contributed by atoms with Crippen LogP contribution < -0.4 is 20.7 Å². The summed E-state index contributed by atoms with van der Waals surface area (Å²) in [5, 5.41) is 16.5. The Morgan fingerprint density at radius 1 is 1.08 bits per heavy atom. The lowest BCUT2D eigenvalue weighted by atomic mass is 9.92. The Morgan fingerprint density at radius 3 is 2.57 bits per heavy atom. The zero-order valence-corrected chi connectivity index (χ0v) is 27.8. The van der Waals surface area contributed by atoms with Crippen LogP contribution in [0.4, 0.5) is 11.4 Å². The molecule has 0 aliphatic carbocycles. The Hall–Kier alpha value is -5.33. The van der Waals surface area contributed by atoms with E-state index in [1.54, 1.807) is 39.9 Å². The van der Waals surface area contributed by atoms with Crippen molar-refractivity contribution in [2.45, 2.75) is 18.4 Å². The molecule has 252 valence electrons. The van der Waals surface area contributed by atoms with Gasteiger partial charge in [0.25, 0.3) is 17.4 Å². The van der Waals surface area contributed by atoms with Crippen molar-refractivity contribution in [1.29, 1.82) is 0 Å². The highest BCUT2D eigenvalue weighted by molar-refractivity contribution is 6.11. The van der Waals surface area contributed by atoms with Gasteiger partial charge in [-0.15, -0.1) is 0 Å². The van der Waals surface area contributed by atoms with Gasteiger partial charge in [0.1, 0.15) is 0 Å². The number of carbonyl (C=O) groups is 2. The third-order valence-electron chi connectivity index (χ3n) is 9.71. The van der Waals surface area contributed by atoms with Gasteiger partial charge in [-0.25, -0.2) is 0 Å². The lowest BCUT2D eigenvalue weighted by Crippen LogP contribution is -2.40. The van der Waals surface area contributed by atoms with Crippen LogP contribution in [0, 0.1) is 0 Å². The predicted octanol–water partition coefficient (Wildman–Crippen LogP) is 3.04. The summed E-state index contributed by atoms with van der Waals surface area (Å²) in [6.07, 6.45) is 5.78. The monoisotopic (exact) mass is 661 g/mol. The van der Waals surface area contributed by atoms with Crippen molar-refractivity contribution in [3.63, 3.8) is 0 Å². The lowest BCUT2D eigenvalue weighted by molar-refractivity contribution is 0.0302. The largest absolute Gasteiger partial charge is 0.411 e. The standard InChI is InChI=1S/C37H39N7O5/c1-41(2)28-8-9-30-24(18-28)11-12-44(36(30)47)32-6-4-5-29(31(32)21-40-48)27-17-26(34(45)42(3)22-27)19-37(23-39-37)33-10-7-25(20-38-33)35(46)43-13-15-49-16-14-43/h4-10,17-18,20-22,39,48H,11-16,19,23H2,1-3H3/b40-21+. The van der Waals surface area contributed by atoms with Gasteiger partial charge in [-0.3, -0.25) is 19.4 Å². The number of aromatic nitrogens is 2. The summed E-state index contributed by atoms with van der Waals surface area (Å²) in [5.74, 6) is -0.190. The number of fused-ring (bicyclic) bond motifs is 1. The van der Waals surface area contributed by atoms with Crippen LogP contribution in [0.25, 0.3) is 11.1 Å². The van der Waals surface area contributed by atoms with Gasteiger partial charge in [-0.2, -0.15) is 0 Å². The average Bonchev–Trinajstić information content (AvgIpc) is 3.91. The van der Waals surface area contributed by atoms with E-state index < -0.39 is 5.54 Å². The Bertz CT molecular complexity index is 2010. The first-order valence-electron chi connectivity index (χ1n) is 16.4. The third-order valence-corrected chi connectivity index (χ3v) is 9.71. The highest BCUT2D eigenvalue weighted by Gasteiger charge is 2.46. The summed E-state index contributed by atoms with van der Waals surface area (Å²) >= 11 is 0. The zero-order valence-electron chi connectivity index (χ0n) is 27.8. The summed E-state index contributed by atoms with van der Waals surface area (Å²) in [6, 6.07) is 17.0. The van der Waals surface area contributed by atoms with Crippen molar-refractivity contribution in [2.24, 2.45) is 12.2 Å². The number of hydrogen-bond acceptors (Lipinski definition) is 9. The van der Waals surface area contributed by atoms with E-state index in [1.807, 2.05) is 61.5 Å². The van der Waals surface area contributed by atoms with Gasteiger partial charge >= 0.3 is 0 Å². The van der Waals surface area contributed by atoms with Crippen molar-refractivity contribution in [2.75, 3.05) is 63.3 Å². The van der Waals surface area contributed by atoms with E-state index in [4.69, 9.17) is 4.74 Å². The maximum Gasteiger partial charge on any atom is 0.258 e. The van der Waals surface area contributed by atoms with Gasteiger partial charge in [-0.1, -0.05) is 17.3 Å². The van der Waals surface area contributed by atoms with Crippen LogP contribution in [0.3, 0.4) is 0 Å². The molecule has 7 rings (SSSR count). The maximum absolute atomic E-state index is 13.8. The van der Waals surface area contributed by atoms with Crippen molar-refractivity contribution < 1.29 is 19.5 Å². The first-order valence-corrected chi connectivity index (χ1v) is 16.4. The minimum atomic E-state index is -0.539. The summed E-state index contributed by atoms with van der Waals surface area (Å²) in [6.45, 7) is 3.27. The molecule has 0 saturated carbocycles. The normalized spacial score (nSPS) is 18.9. The number of aryl methyl sites for hydroxylation is 1. The summed E-state index contributed by atoms with van der Waals surface area (Å²) in [4.78, 5) is 50.4. The molecule has 3 aliphatic rings. The summed E-state index contributed by atoms with van der Waals surface area (Å²) < 4.78 is 6.92. The molecule has 0 bridgehead atoms. The molecular formula is C37H39N7O5. The Labute approximate surface area is 284 Å². The van der Waals surface area contributed by atoms with Gasteiger partial charge in [0.05, 0.1) is 41.9 Å². The molecule has 2 N–H and O–H groups in total. The number of anilines is 2. The first kappa shape index (κ1) is 32.2. The number of pyridine rings is 2. The van der Waals surface area contributed by atoms with Crippen LogP contribution in [0.15, 0.2) is 76.9 Å². The molecule has 2 aromatic carbocycles. The van der Waals surface area contributed by atoms with E-state index in [9.17, 15) is 19.6 Å². The Morgan fingerprint density at radius 2 is 1.88 bits per heavy atom. The quantitative estimate of drug-likeness (QED) is 0.127. The SMILES string of the molecule is CN(C)c1ccc2c(c1)CCN(c1cccc(-c3cc(CC4(c5ccc(C(=O)N6CCOCC6)cn5)CN4)c(=O)n(C)c3)c1/C=N/O)C2=O. The fraction of sp³-hybridized carbons (Fsp3) is 0.324. The van der Waals surface area contributed by atoms with E-state index in [2.05, 4.69) is 21.5 Å². The summed E-state index contributed by atoms with van der Waals surface area (Å²) in [5.41, 5.74) is 6.51. The van der Waals surface area contributed by atoms with Crippen molar-refractivity contribution in [3.8, 4) is 11.1 Å². The Kier molecular flexibility index (Phi) is 8.51. The molecule has 1 unspecified atom stereocenters. The minimum absolute atomic E-state index is 0.0693. The van der Waals surface area contributed by atoms with Gasteiger partial charge in [-0.05, 0) is 65.6 Å². The lowest BCUT2D eigenvalue weighted by Gasteiger charge is -2.31. The molecule has 0 radical (unpaired) electrons. The maximum atomic E-state index is 13.8. The Balaban J connectivity index is 1.19. The first-order chi connectivity index (χ1) is 23.7. The molecule has 2 fully saturated rings. The zero-order chi connectivity index (χ0) is 34.3. The van der Waals surface area contributed by atoms with Crippen LogP contribution in [0.2, 0.25) is 0 Å². The van der Waals surface area contributed by atoms with Gasteiger partial charge in [0, 0.05) is 88.5 Å². The number of rotatable bonds is 8. The van der Waals surface area contributed by atoms with Gasteiger partial charge in [0.2, 0.25) is 0 Å². The van der Waals surface area contributed by atoms with Gasteiger partial charge in [0.15, 0.2) is 0 Å². The summed E-state index contributed by atoms with van der Waals surface area (Å²) in [7, 11) is 5.66. The number of amides is 2. The predicted molar refractivity (Wildman–Crippen MR) is 187 cm³/mol. The molecule has 5 heterocycles. The number of morpholine rings is 1. The minimum Gasteiger partial charge on any atom is -0.411 e. The van der Waals surface area contributed by atoms with Crippen molar-refractivity contribution in [3.05, 3.63) is 111 Å². The molecule has 2 saturated heterocycles. The van der Waals surface area contributed by atoms with Crippen LogP contribution in [0.5, 0.6) is 0 Å². The number of nitrogens with zero attached hydrogens (tertiary/aromatic N) is 6. The smallest absolute Gasteiger partial charge is 0.258 e. The molecule has 49 heavy (non-hydrogen) atoms. The van der Waals surface area contributed by atoms with E-state index in [1.165, 1.54) is 6.21 Å². The molecular weight excluding hydrogens is 622 g/mol. The second kappa shape index (κ2) is 12.9. The number of oxime groups is 1. The highest BCUT2D eigenvalue weighted by Crippen LogP contribution is 2.36. The fourth-order valence-corrected chi connectivity index (χ4v) is 6.85. The van der Waals surface area contributed by atoms with Crippen molar-refractivity contribution in [1.82, 2.24) is 19.8 Å². The molecule has 1 atom stereocenters. The van der Waals surface area contributed by atoms with E-state index in [0.717, 1.165) is 28.1 Å². The average molecular weight is 662 g/mol. The molecule has 4 aromatic rings.